The van der Waals surface area contributed by atoms with Gasteiger partial charge < -0.3 is 10.1 Å². The molecule has 0 spiro atoms. The van der Waals surface area contributed by atoms with Crippen LogP contribution in [0, 0.1) is 0 Å². The molecule has 1 aliphatic heterocycles. The van der Waals surface area contributed by atoms with Crippen LogP contribution in [0.15, 0.2) is 11.7 Å². The minimum absolute atomic E-state index is 0.448. The minimum atomic E-state index is 0.448. The SMILES string of the molecule is c1ncc(COC2CCNCC2)s1. The second kappa shape index (κ2) is 4.69. The predicted molar refractivity (Wildman–Crippen MR) is 52.8 cm³/mol. The number of nitrogens with one attached hydrogen (secondary N) is 1. The van der Waals surface area contributed by atoms with Crippen molar-refractivity contribution >= 4 is 11.3 Å². The highest BCUT2D eigenvalue weighted by molar-refractivity contribution is 7.09. The number of hydrogen-bond donors (Lipinski definition) is 1. The summed E-state index contributed by atoms with van der Waals surface area (Å²) in [6.07, 6.45) is 4.60. The Labute approximate surface area is 82.1 Å². The topological polar surface area (TPSA) is 34.1 Å². The third-order valence-electron chi connectivity index (χ3n) is 2.23. The molecule has 1 aliphatic rings. The number of aromatic nitrogens is 1. The highest BCUT2D eigenvalue weighted by Crippen LogP contribution is 2.12. The maximum atomic E-state index is 5.76. The Morgan fingerprint density at radius 1 is 1.54 bits per heavy atom. The lowest BCUT2D eigenvalue weighted by atomic mass is 10.1. The second-order valence-corrected chi connectivity index (χ2v) is 4.20. The van der Waals surface area contributed by atoms with E-state index in [1.54, 1.807) is 11.3 Å². The number of piperidine rings is 1. The summed E-state index contributed by atoms with van der Waals surface area (Å²) in [5.74, 6) is 0. The van der Waals surface area contributed by atoms with Crippen molar-refractivity contribution in [2.24, 2.45) is 0 Å². The van der Waals surface area contributed by atoms with E-state index < -0.39 is 0 Å². The van der Waals surface area contributed by atoms with Crippen molar-refractivity contribution in [1.82, 2.24) is 10.3 Å². The molecule has 0 aliphatic carbocycles. The molecule has 13 heavy (non-hydrogen) atoms. The molecule has 2 heterocycles. The van der Waals surface area contributed by atoms with Crippen LogP contribution < -0.4 is 5.32 Å². The zero-order valence-electron chi connectivity index (χ0n) is 7.53. The first-order chi connectivity index (χ1) is 6.45. The molecule has 1 saturated heterocycles. The van der Waals surface area contributed by atoms with Gasteiger partial charge in [-0.15, -0.1) is 11.3 Å². The average molecular weight is 198 g/mol. The van der Waals surface area contributed by atoms with Gasteiger partial charge in [0.2, 0.25) is 0 Å². The molecule has 4 heteroatoms. The number of ether oxygens (including phenoxy) is 1. The summed E-state index contributed by atoms with van der Waals surface area (Å²) in [6.45, 7) is 2.91. The predicted octanol–water partition coefficient (Wildman–Crippen LogP) is 1.41. The molecule has 1 aromatic rings. The van der Waals surface area contributed by atoms with Crippen LogP contribution in [0.25, 0.3) is 0 Å². The van der Waals surface area contributed by atoms with E-state index in [1.807, 2.05) is 11.7 Å². The third kappa shape index (κ3) is 2.76. The Hall–Kier alpha value is -0.450. The van der Waals surface area contributed by atoms with Gasteiger partial charge in [-0.1, -0.05) is 0 Å². The smallest absolute Gasteiger partial charge is 0.0829 e. The quantitative estimate of drug-likeness (QED) is 0.797. The first-order valence-electron chi connectivity index (χ1n) is 4.65. The molecule has 1 aromatic heterocycles. The normalized spacial score (nSPS) is 19.1. The number of nitrogens with zero attached hydrogens (tertiary/aromatic N) is 1. The summed E-state index contributed by atoms with van der Waals surface area (Å²) >= 11 is 1.66. The Bertz CT molecular complexity index is 232. The van der Waals surface area contributed by atoms with Crippen molar-refractivity contribution in [3.05, 3.63) is 16.6 Å². The Morgan fingerprint density at radius 2 is 2.38 bits per heavy atom. The van der Waals surface area contributed by atoms with Crippen LogP contribution in [0.2, 0.25) is 0 Å². The Balaban J connectivity index is 1.72. The van der Waals surface area contributed by atoms with E-state index >= 15 is 0 Å². The van der Waals surface area contributed by atoms with Crippen LogP contribution in [0.5, 0.6) is 0 Å². The van der Waals surface area contributed by atoms with Crippen molar-refractivity contribution in [1.29, 1.82) is 0 Å². The third-order valence-corrected chi connectivity index (χ3v) is 2.98. The molecule has 0 saturated carbocycles. The number of thiazole rings is 1. The Kier molecular flexibility index (Phi) is 3.29. The van der Waals surface area contributed by atoms with Gasteiger partial charge in [-0.2, -0.15) is 0 Å². The molecule has 0 unspecified atom stereocenters. The van der Waals surface area contributed by atoms with E-state index in [0.717, 1.165) is 32.5 Å². The van der Waals surface area contributed by atoms with Gasteiger partial charge in [-0.3, -0.25) is 4.98 Å². The fraction of sp³-hybridized carbons (Fsp3) is 0.667. The molecule has 0 atom stereocenters. The molecule has 0 aromatic carbocycles. The molecular formula is C9H14N2OS. The van der Waals surface area contributed by atoms with Crippen LogP contribution in [0.1, 0.15) is 17.7 Å². The van der Waals surface area contributed by atoms with E-state index in [9.17, 15) is 0 Å². The zero-order chi connectivity index (χ0) is 8.93. The summed E-state index contributed by atoms with van der Waals surface area (Å²) in [6, 6.07) is 0. The Morgan fingerprint density at radius 3 is 3.08 bits per heavy atom. The van der Waals surface area contributed by atoms with Crippen LogP contribution >= 0.6 is 11.3 Å². The summed E-state index contributed by atoms with van der Waals surface area (Å²) < 4.78 is 5.76. The van der Waals surface area contributed by atoms with E-state index in [-0.39, 0.29) is 0 Å². The van der Waals surface area contributed by atoms with Gasteiger partial charge >= 0.3 is 0 Å². The standard InChI is InChI=1S/C9H14N2OS/c1-3-10-4-2-8(1)12-6-9-5-11-7-13-9/h5,7-8,10H,1-4,6H2. The van der Waals surface area contributed by atoms with E-state index in [4.69, 9.17) is 4.74 Å². The molecule has 1 N–H and O–H groups in total. The fourth-order valence-corrected chi connectivity index (χ4v) is 1.99. The van der Waals surface area contributed by atoms with Crippen molar-refractivity contribution in [3.63, 3.8) is 0 Å². The van der Waals surface area contributed by atoms with E-state index in [1.165, 1.54) is 4.88 Å². The second-order valence-electron chi connectivity index (χ2n) is 3.23. The van der Waals surface area contributed by atoms with Crippen LogP contribution in [0.3, 0.4) is 0 Å². The van der Waals surface area contributed by atoms with Gasteiger partial charge in [0.05, 0.1) is 23.1 Å². The lowest BCUT2D eigenvalue weighted by Gasteiger charge is -2.22. The summed E-state index contributed by atoms with van der Waals surface area (Å²) in [5.41, 5.74) is 1.85. The maximum Gasteiger partial charge on any atom is 0.0829 e. The summed E-state index contributed by atoms with van der Waals surface area (Å²) in [5, 5.41) is 3.32. The lowest BCUT2D eigenvalue weighted by molar-refractivity contribution is 0.0225. The molecule has 0 bridgehead atoms. The van der Waals surface area contributed by atoms with Crippen molar-refractivity contribution < 1.29 is 4.74 Å². The van der Waals surface area contributed by atoms with Crippen molar-refractivity contribution in [3.8, 4) is 0 Å². The summed E-state index contributed by atoms with van der Waals surface area (Å²) in [4.78, 5) is 5.23. The molecule has 0 amide bonds. The molecular weight excluding hydrogens is 184 g/mol. The van der Waals surface area contributed by atoms with Gasteiger partial charge in [0.1, 0.15) is 0 Å². The van der Waals surface area contributed by atoms with Gasteiger partial charge in [0.25, 0.3) is 0 Å². The monoisotopic (exact) mass is 198 g/mol. The zero-order valence-corrected chi connectivity index (χ0v) is 8.35. The number of rotatable bonds is 3. The first kappa shape index (κ1) is 9.12. The molecule has 1 fully saturated rings. The summed E-state index contributed by atoms with van der Waals surface area (Å²) in [7, 11) is 0. The van der Waals surface area contributed by atoms with Gasteiger partial charge in [0.15, 0.2) is 0 Å². The maximum absolute atomic E-state index is 5.76. The van der Waals surface area contributed by atoms with Gasteiger partial charge in [0, 0.05) is 6.20 Å². The molecule has 0 radical (unpaired) electrons. The van der Waals surface area contributed by atoms with Crippen molar-refractivity contribution in [2.45, 2.75) is 25.6 Å². The highest BCUT2D eigenvalue weighted by Gasteiger charge is 2.13. The van der Waals surface area contributed by atoms with E-state index in [2.05, 4.69) is 10.3 Å². The van der Waals surface area contributed by atoms with Crippen LogP contribution in [-0.2, 0) is 11.3 Å². The van der Waals surface area contributed by atoms with Gasteiger partial charge in [-0.25, -0.2) is 0 Å². The lowest BCUT2D eigenvalue weighted by Crippen LogP contribution is -2.32. The minimum Gasteiger partial charge on any atom is -0.373 e. The van der Waals surface area contributed by atoms with Crippen LogP contribution in [-0.4, -0.2) is 24.2 Å². The number of hydrogen-bond acceptors (Lipinski definition) is 4. The largest absolute Gasteiger partial charge is 0.373 e. The molecule has 72 valence electrons. The first-order valence-corrected chi connectivity index (χ1v) is 5.53. The van der Waals surface area contributed by atoms with E-state index in [0.29, 0.717) is 6.10 Å². The molecule has 3 nitrogen and oxygen atoms in total. The average Bonchev–Trinajstić information content (AvgIpc) is 2.69. The highest BCUT2D eigenvalue weighted by atomic mass is 32.1. The van der Waals surface area contributed by atoms with Crippen LogP contribution in [0.4, 0.5) is 0 Å². The molecule has 2 rings (SSSR count). The fourth-order valence-electron chi connectivity index (χ4n) is 1.48. The van der Waals surface area contributed by atoms with Crippen molar-refractivity contribution in [2.75, 3.05) is 13.1 Å². The van der Waals surface area contributed by atoms with Gasteiger partial charge in [-0.05, 0) is 25.9 Å².